The quantitative estimate of drug-likeness (QED) is 0.248. The van der Waals surface area contributed by atoms with Crippen LogP contribution in [0.1, 0.15) is 20.3 Å². The molecule has 0 aliphatic carbocycles. The van der Waals surface area contributed by atoms with Crippen LogP contribution in [0.5, 0.6) is 0 Å². The zero-order valence-corrected chi connectivity index (χ0v) is 20.8. The average Bonchev–Trinajstić information content (AvgIpc) is 3.47. The summed E-state index contributed by atoms with van der Waals surface area (Å²) in [6.45, 7) is 4.20. The smallest absolute Gasteiger partial charge is 0.268 e. The molecule has 6 nitrogen and oxygen atoms in total. The van der Waals surface area contributed by atoms with Gasteiger partial charge in [0, 0.05) is 28.1 Å². The van der Waals surface area contributed by atoms with Crippen molar-refractivity contribution in [3.05, 3.63) is 90.9 Å². The topological polar surface area (TPSA) is 69.8 Å². The SMILES string of the molecule is CCC(C)Sc1nnc(-c2cn(S(=O)(=O)c3ccccc3)c3ccccc23)n1-c1ccc(F)cc1. The van der Waals surface area contributed by atoms with Crippen molar-refractivity contribution in [3.8, 4) is 17.1 Å². The van der Waals surface area contributed by atoms with E-state index in [-0.39, 0.29) is 16.0 Å². The number of aromatic nitrogens is 4. The highest BCUT2D eigenvalue weighted by molar-refractivity contribution is 7.99. The lowest BCUT2D eigenvalue weighted by Gasteiger charge is -2.12. The summed E-state index contributed by atoms with van der Waals surface area (Å²) >= 11 is 1.57. The van der Waals surface area contributed by atoms with Crippen LogP contribution in [0.2, 0.25) is 0 Å². The van der Waals surface area contributed by atoms with Crippen molar-refractivity contribution < 1.29 is 12.8 Å². The maximum atomic E-state index is 13.7. The van der Waals surface area contributed by atoms with Crippen molar-refractivity contribution in [1.29, 1.82) is 0 Å². The largest absolute Gasteiger partial charge is 0.270 e. The summed E-state index contributed by atoms with van der Waals surface area (Å²) in [6, 6.07) is 21.7. The first-order chi connectivity index (χ1) is 16.9. The molecule has 1 atom stereocenters. The Morgan fingerprint density at radius 1 is 0.943 bits per heavy atom. The Kier molecular flexibility index (Phi) is 6.21. The summed E-state index contributed by atoms with van der Waals surface area (Å²) in [6.07, 6.45) is 2.53. The van der Waals surface area contributed by atoms with Crippen molar-refractivity contribution >= 4 is 32.7 Å². The number of hydrogen-bond acceptors (Lipinski definition) is 5. The standard InChI is InChI=1S/C26H23FN4O2S2/c1-3-18(2)34-26-29-28-25(31(26)20-15-13-19(27)14-16-20)23-17-30(24-12-8-7-11-22(23)24)35(32,33)21-9-5-4-6-10-21/h4-18H,3H2,1-2H3. The van der Waals surface area contributed by atoms with E-state index in [0.29, 0.717) is 27.7 Å². The fourth-order valence-corrected chi connectivity index (χ4v) is 6.14. The highest BCUT2D eigenvalue weighted by Crippen LogP contribution is 2.36. The van der Waals surface area contributed by atoms with E-state index < -0.39 is 10.0 Å². The van der Waals surface area contributed by atoms with E-state index >= 15 is 0 Å². The molecule has 0 aliphatic rings. The number of benzene rings is 3. The van der Waals surface area contributed by atoms with Crippen LogP contribution >= 0.6 is 11.8 Å². The zero-order valence-electron chi connectivity index (χ0n) is 19.2. The summed E-state index contributed by atoms with van der Waals surface area (Å²) in [5.74, 6) is 0.144. The van der Waals surface area contributed by atoms with Gasteiger partial charge >= 0.3 is 0 Å². The van der Waals surface area contributed by atoms with Crippen molar-refractivity contribution in [2.45, 2.75) is 35.6 Å². The second kappa shape index (κ2) is 9.31. The minimum atomic E-state index is -3.85. The highest BCUT2D eigenvalue weighted by Gasteiger charge is 2.25. The van der Waals surface area contributed by atoms with E-state index in [9.17, 15) is 12.8 Å². The van der Waals surface area contributed by atoms with Crippen molar-refractivity contribution in [1.82, 2.24) is 18.7 Å². The number of thioether (sulfide) groups is 1. The molecular weight excluding hydrogens is 483 g/mol. The fraction of sp³-hybridized carbons (Fsp3) is 0.154. The number of para-hydroxylation sites is 1. The van der Waals surface area contributed by atoms with Crippen molar-refractivity contribution in [3.63, 3.8) is 0 Å². The van der Waals surface area contributed by atoms with Gasteiger partial charge in [-0.05, 0) is 48.9 Å². The van der Waals surface area contributed by atoms with Gasteiger partial charge in [-0.15, -0.1) is 10.2 Å². The fourth-order valence-electron chi connectivity index (χ4n) is 3.84. The summed E-state index contributed by atoms with van der Waals surface area (Å²) in [5.41, 5.74) is 1.85. The Balaban J connectivity index is 1.75. The summed E-state index contributed by atoms with van der Waals surface area (Å²) in [7, 11) is -3.85. The van der Waals surface area contributed by atoms with E-state index in [0.717, 1.165) is 11.8 Å². The minimum Gasteiger partial charge on any atom is -0.270 e. The highest BCUT2D eigenvalue weighted by atomic mass is 32.2. The molecule has 5 aromatic rings. The van der Waals surface area contributed by atoms with Crippen LogP contribution in [0.3, 0.4) is 0 Å². The Labute approximate surface area is 207 Å². The van der Waals surface area contributed by atoms with Crippen LogP contribution in [0.25, 0.3) is 28.0 Å². The number of nitrogens with zero attached hydrogens (tertiary/aromatic N) is 4. The van der Waals surface area contributed by atoms with Gasteiger partial charge in [-0.1, -0.05) is 62.0 Å². The Bertz CT molecular complexity index is 1590. The van der Waals surface area contributed by atoms with Crippen LogP contribution < -0.4 is 0 Å². The first-order valence-corrected chi connectivity index (χ1v) is 13.5. The van der Waals surface area contributed by atoms with Crippen molar-refractivity contribution in [2.75, 3.05) is 0 Å². The summed E-state index contributed by atoms with van der Waals surface area (Å²) < 4.78 is 44.0. The van der Waals surface area contributed by atoms with Gasteiger partial charge in [0.15, 0.2) is 11.0 Å². The minimum absolute atomic E-state index is 0.195. The molecule has 9 heteroatoms. The van der Waals surface area contributed by atoms with E-state index in [2.05, 4.69) is 24.0 Å². The van der Waals surface area contributed by atoms with E-state index in [1.165, 1.54) is 16.1 Å². The normalized spacial score (nSPS) is 12.8. The molecule has 2 aromatic heterocycles. The van der Waals surface area contributed by atoms with E-state index in [4.69, 9.17) is 0 Å². The molecule has 2 heterocycles. The van der Waals surface area contributed by atoms with E-state index in [1.54, 1.807) is 72.6 Å². The molecule has 0 saturated heterocycles. The van der Waals surface area contributed by atoms with Gasteiger partial charge in [-0.25, -0.2) is 16.8 Å². The third-order valence-corrected chi connectivity index (χ3v) is 8.72. The molecule has 3 aromatic carbocycles. The Morgan fingerprint density at radius 2 is 1.63 bits per heavy atom. The molecular formula is C26H23FN4O2S2. The predicted molar refractivity (Wildman–Crippen MR) is 137 cm³/mol. The van der Waals surface area contributed by atoms with Crippen LogP contribution in [0, 0.1) is 5.82 Å². The third-order valence-electron chi connectivity index (χ3n) is 5.82. The van der Waals surface area contributed by atoms with Gasteiger partial charge in [0.2, 0.25) is 0 Å². The van der Waals surface area contributed by atoms with Crippen LogP contribution in [0.4, 0.5) is 4.39 Å². The monoisotopic (exact) mass is 506 g/mol. The van der Waals surface area contributed by atoms with Crippen molar-refractivity contribution in [2.24, 2.45) is 0 Å². The summed E-state index contributed by atoms with van der Waals surface area (Å²) in [4.78, 5) is 0.195. The molecule has 35 heavy (non-hydrogen) atoms. The van der Waals surface area contributed by atoms with Crippen LogP contribution in [-0.4, -0.2) is 32.4 Å². The molecule has 0 aliphatic heterocycles. The predicted octanol–water partition coefficient (Wildman–Crippen LogP) is 6.16. The lowest BCUT2D eigenvalue weighted by atomic mass is 10.1. The molecule has 0 spiro atoms. The summed E-state index contributed by atoms with van der Waals surface area (Å²) in [5, 5.41) is 10.6. The van der Waals surface area contributed by atoms with Gasteiger partial charge in [0.25, 0.3) is 10.0 Å². The number of fused-ring (bicyclic) bond motifs is 1. The Hall–Kier alpha value is -3.43. The molecule has 178 valence electrons. The third kappa shape index (κ3) is 4.26. The molecule has 5 rings (SSSR count). The first-order valence-electron chi connectivity index (χ1n) is 11.2. The lowest BCUT2D eigenvalue weighted by molar-refractivity contribution is 0.589. The molecule has 0 saturated carbocycles. The second-order valence-corrected chi connectivity index (χ2v) is 11.3. The van der Waals surface area contributed by atoms with Crippen LogP contribution in [0.15, 0.2) is 95.1 Å². The molecule has 0 fully saturated rings. The number of halogens is 1. The maximum Gasteiger partial charge on any atom is 0.268 e. The van der Waals surface area contributed by atoms with Gasteiger partial charge in [-0.2, -0.15) is 0 Å². The van der Waals surface area contributed by atoms with Gasteiger partial charge < -0.3 is 0 Å². The average molecular weight is 507 g/mol. The first kappa shape index (κ1) is 23.3. The number of hydrogen-bond donors (Lipinski definition) is 0. The Morgan fingerprint density at radius 3 is 2.34 bits per heavy atom. The van der Waals surface area contributed by atoms with E-state index in [1.807, 2.05) is 16.7 Å². The molecule has 0 N–H and O–H groups in total. The molecule has 0 radical (unpaired) electrons. The zero-order chi connectivity index (χ0) is 24.6. The van der Waals surface area contributed by atoms with Crippen LogP contribution in [-0.2, 0) is 10.0 Å². The van der Waals surface area contributed by atoms with Gasteiger partial charge in [0.05, 0.1) is 10.4 Å². The lowest BCUT2D eigenvalue weighted by Crippen LogP contribution is -2.11. The molecule has 1 unspecified atom stereocenters. The maximum absolute atomic E-state index is 13.7. The van der Waals surface area contributed by atoms with Gasteiger partial charge in [-0.3, -0.25) is 4.57 Å². The molecule has 0 bridgehead atoms. The van der Waals surface area contributed by atoms with Gasteiger partial charge in [0.1, 0.15) is 5.82 Å². The second-order valence-electron chi connectivity index (χ2n) is 8.13. The molecule has 0 amide bonds. The number of rotatable bonds is 7.